The van der Waals surface area contributed by atoms with E-state index in [4.69, 9.17) is 0 Å². The minimum atomic E-state index is 0.469. The molecule has 1 unspecified atom stereocenters. The Morgan fingerprint density at radius 1 is 0.808 bits per heavy atom. The number of rotatable bonds is 9. The molecule has 2 heteroatoms. The van der Waals surface area contributed by atoms with E-state index in [-0.39, 0.29) is 0 Å². The summed E-state index contributed by atoms with van der Waals surface area (Å²) >= 11 is 0. The van der Waals surface area contributed by atoms with Crippen LogP contribution in [0.3, 0.4) is 0 Å². The summed E-state index contributed by atoms with van der Waals surface area (Å²) in [6.07, 6.45) is 1.03. The van der Waals surface area contributed by atoms with Gasteiger partial charge in [-0.05, 0) is 76.4 Å². The van der Waals surface area contributed by atoms with Crippen molar-refractivity contribution in [1.82, 2.24) is 0 Å². The molecule has 0 amide bonds. The van der Waals surface area contributed by atoms with Gasteiger partial charge in [-0.3, -0.25) is 0 Å². The van der Waals surface area contributed by atoms with Crippen molar-refractivity contribution >= 4 is 11.4 Å². The molecule has 0 N–H and O–H groups in total. The Morgan fingerprint density at radius 3 is 1.65 bits per heavy atom. The molecule has 0 aliphatic heterocycles. The third-order valence-electron chi connectivity index (χ3n) is 5.04. The highest BCUT2D eigenvalue weighted by Gasteiger charge is 2.13. The van der Waals surface area contributed by atoms with E-state index >= 15 is 0 Å². The Balaban J connectivity index is 2.17. The summed E-state index contributed by atoms with van der Waals surface area (Å²) in [5, 5.41) is 0. The van der Waals surface area contributed by atoms with E-state index in [0.717, 1.165) is 26.1 Å². The van der Waals surface area contributed by atoms with Gasteiger partial charge in [0.1, 0.15) is 0 Å². The van der Waals surface area contributed by atoms with Crippen LogP contribution < -0.4 is 9.80 Å². The van der Waals surface area contributed by atoms with Crippen molar-refractivity contribution in [2.45, 2.75) is 47.1 Å². The lowest BCUT2D eigenvalue weighted by atomic mass is 10.0. The van der Waals surface area contributed by atoms with E-state index in [9.17, 15) is 0 Å². The van der Waals surface area contributed by atoms with Crippen LogP contribution in [0.15, 0.2) is 60.7 Å². The molecule has 0 spiro atoms. The molecule has 140 valence electrons. The lowest BCUT2D eigenvalue weighted by Gasteiger charge is -2.30. The average Bonchev–Trinajstić information content (AvgIpc) is 2.64. The van der Waals surface area contributed by atoms with Crippen LogP contribution >= 0.6 is 0 Å². The zero-order chi connectivity index (χ0) is 19.1. The summed E-state index contributed by atoms with van der Waals surface area (Å²) in [4.78, 5) is 4.82. The van der Waals surface area contributed by atoms with E-state index in [1.165, 1.54) is 28.1 Å². The molecule has 26 heavy (non-hydrogen) atoms. The normalized spacial score (nSPS) is 11.9. The Hall–Kier alpha value is -2.22. The Morgan fingerprint density at radius 2 is 1.27 bits per heavy atom. The van der Waals surface area contributed by atoms with Crippen LogP contribution in [0.25, 0.3) is 11.1 Å². The maximum atomic E-state index is 4.06. The van der Waals surface area contributed by atoms with E-state index < -0.39 is 0 Å². The third kappa shape index (κ3) is 4.91. The van der Waals surface area contributed by atoms with Gasteiger partial charge in [0.2, 0.25) is 0 Å². The highest BCUT2D eigenvalue weighted by molar-refractivity contribution is 5.68. The van der Waals surface area contributed by atoms with Crippen LogP contribution in [0, 0.1) is 0 Å². The minimum absolute atomic E-state index is 0.469. The predicted molar refractivity (Wildman–Crippen MR) is 117 cm³/mol. The molecular formula is C24H34N2. The topological polar surface area (TPSA) is 6.48 Å². The molecule has 0 heterocycles. The molecule has 2 nitrogen and oxygen atoms in total. The van der Waals surface area contributed by atoms with E-state index in [0.29, 0.717) is 6.04 Å². The summed E-state index contributed by atoms with van der Waals surface area (Å²) in [7, 11) is 0. The largest absolute Gasteiger partial charge is 0.372 e. The third-order valence-corrected chi connectivity index (χ3v) is 5.04. The molecule has 0 saturated carbocycles. The van der Waals surface area contributed by atoms with Gasteiger partial charge in [0, 0.05) is 37.1 Å². The molecule has 2 aromatic rings. The SMILES string of the molecule is C=C(C)CC(C)N(CC)c1ccc(-c2ccc(N(CC)CC)cc2)cc1. The minimum Gasteiger partial charge on any atom is -0.372 e. The van der Waals surface area contributed by atoms with Gasteiger partial charge in [0.25, 0.3) is 0 Å². The number of hydrogen-bond acceptors (Lipinski definition) is 2. The van der Waals surface area contributed by atoms with Gasteiger partial charge in [-0.2, -0.15) is 0 Å². The van der Waals surface area contributed by atoms with Gasteiger partial charge in [-0.25, -0.2) is 0 Å². The number of anilines is 2. The molecule has 0 aliphatic carbocycles. The molecule has 1 atom stereocenters. The average molecular weight is 351 g/mol. The summed E-state index contributed by atoms with van der Waals surface area (Å²) in [6.45, 7) is 18.1. The molecule has 2 rings (SSSR count). The van der Waals surface area contributed by atoms with E-state index in [1.54, 1.807) is 0 Å². The monoisotopic (exact) mass is 350 g/mol. The Kier molecular flexibility index (Phi) is 7.32. The second kappa shape index (κ2) is 9.47. The van der Waals surface area contributed by atoms with Crippen molar-refractivity contribution in [3.63, 3.8) is 0 Å². The van der Waals surface area contributed by atoms with Crippen LogP contribution in [-0.4, -0.2) is 25.7 Å². The number of nitrogens with zero attached hydrogens (tertiary/aromatic N) is 2. The van der Waals surface area contributed by atoms with Crippen LogP contribution in [0.2, 0.25) is 0 Å². The van der Waals surface area contributed by atoms with Crippen LogP contribution in [-0.2, 0) is 0 Å². The fourth-order valence-electron chi connectivity index (χ4n) is 3.66. The summed E-state index contributed by atoms with van der Waals surface area (Å²) in [6, 6.07) is 18.3. The lowest BCUT2D eigenvalue weighted by Crippen LogP contribution is -2.32. The van der Waals surface area contributed by atoms with Crippen molar-refractivity contribution in [3.05, 3.63) is 60.7 Å². The molecule has 2 aromatic carbocycles. The van der Waals surface area contributed by atoms with Gasteiger partial charge in [0.05, 0.1) is 0 Å². The predicted octanol–water partition coefficient (Wildman–Crippen LogP) is 6.38. The Labute approximate surface area is 160 Å². The standard InChI is InChI=1S/C24H34N2/c1-7-25(8-2)23-14-10-21(11-15-23)22-12-16-24(17-13-22)26(9-3)20(6)18-19(4)5/h10-17,20H,4,7-9,18H2,1-3,5-6H3. The number of benzene rings is 2. The van der Waals surface area contributed by atoms with Crippen molar-refractivity contribution in [3.8, 4) is 11.1 Å². The second-order valence-electron chi connectivity index (χ2n) is 7.06. The first-order chi connectivity index (χ1) is 12.5. The fourth-order valence-corrected chi connectivity index (χ4v) is 3.66. The first-order valence-corrected chi connectivity index (χ1v) is 9.86. The maximum absolute atomic E-state index is 4.06. The summed E-state index contributed by atoms with van der Waals surface area (Å²) < 4.78 is 0. The second-order valence-corrected chi connectivity index (χ2v) is 7.06. The molecule has 0 fully saturated rings. The zero-order valence-corrected chi connectivity index (χ0v) is 17.1. The highest BCUT2D eigenvalue weighted by Crippen LogP contribution is 2.27. The smallest absolute Gasteiger partial charge is 0.0369 e. The van der Waals surface area contributed by atoms with Crippen molar-refractivity contribution in [2.24, 2.45) is 0 Å². The molecule has 0 aliphatic rings. The van der Waals surface area contributed by atoms with E-state index in [2.05, 4.69) is 99.5 Å². The van der Waals surface area contributed by atoms with Crippen molar-refractivity contribution in [1.29, 1.82) is 0 Å². The van der Waals surface area contributed by atoms with Crippen LogP contribution in [0.1, 0.15) is 41.0 Å². The molecule has 0 bridgehead atoms. The van der Waals surface area contributed by atoms with Crippen molar-refractivity contribution < 1.29 is 0 Å². The van der Waals surface area contributed by atoms with Crippen LogP contribution in [0.4, 0.5) is 11.4 Å². The highest BCUT2D eigenvalue weighted by atomic mass is 15.1. The lowest BCUT2D eigenvalue weighted by molar-refractivity contribution is 0.643. The van der Waals surface area contributed by atoms with Gasteiger partial charge in [0.15, 0.2) is 0 Å². The first kappa shape index (κ1) is 20.1. The molecule has 0 radical (unpaired) electrons. The zero-order valence-electron chi connectivity index (χ0n) is 17.1. The van der Waals surface area contributed by atoms with Crippen molar-refractivity contribution in [2.75, 3.05) is 29.4 Å². The molecule has 0 saturated heterocycles. The first-order valence-electron chi connectivity index (χ1n) is 9.86. The summed E-state index contributed by atoms with van der Waals surface area (Å²) in [5.41, 5.74) is 6.35. The van der Waals surface area contributed by atoms with Gasteiger partial charge in [-0.1, -0.05) is 29.8 Å². The Bertz CT molecular complexity index is 681. The molecule has 0 aromatic heterocycles. The summed E-state index contributed by atoms with van der Waals surface area (Å²) in [5.74, 6) is 0. The van der Waals surface area contributed by atoms with E-state index in [1.807, 2.05) is 0 Å². The van der Waals surface area contributed by atoms with Gasteiger partial charge < -0.3 is 9.80 Å². The number of hydrogen-bond donors (Lipinski definition) is 0. The molecular weight excluding hydrogens is 316 g/mol. The fraction of sp³-hybridized carbons (Fsp3) is 0.417. The van der Waals surface area contributed by atoms with Crippen LogP contribution in [0.5, 0.6) is 0 Å². The van der Waals surface area contributed by atoms with Gasteiger partial charge >= 0.3 is 0 Å². The quantitative estimate of drug-likeness (QED) is 0.484. The van der Waals surface area contributed by atoms with Gasteiger partial charge in [-0.15, -0.1) is 6.58 Å². The maximum Gasteiger partial charge on any atom is 0.0369 e.